The largest absolute Gasteiger partial charge is 0.516 e. The van der Waals surface area contributed by atoms with E-state index in [2.05, 4.69) is 29.3 Å². The first-order chi connectivity index (χ1) is 15.1. The van der Waals surface area contributed by atoms with Crippen molar-refractivity contribution < 1.29 is 32.2 Å². The van der Waals surface area contributed by atoms with Gasteiger partial charge in [0.05, 0.1) is 5.69 Å². The number of sulfonamides is 1. The second-order valence-electron chi connectivity index (χ2n) is 6.91. The SMILES string of the molecule is [CH2-][NH2+]c1nc(N=Nc2cc3c(cc2NS(=O)(=O)C(F)(F)F)N(CC)CC3)n(CC)c1[NH2+][CH2-]. The molecule has 32 heavy (non-hydrogen) atoms. The number of hydrogen-bond donors (Lipinski definition) is 3. The first-order valence-electron chi connectivity index (χ1n) is 9.84. The second-order valence-corrected chi connectivity index (χ2v) is 8.59. The Morgan fingerprint density at radius 3 is 2.47 bits per heavy atom. The molecule has 1 aromatic carbocycles. The predicted molar refractivity (Wildman–Crippen MR) is 113 cm³/mol. The van der Waals surface area contributed by atoms with E-state index in [1.165, 1.54) is 11.4 Å². The maximum absolute atomic E-state index is 13.0. The fraction of sp³-hybridized carbons (Fsp3) is 0.389. The maximum atomic E-state index is 13.0. The summed E-state index contributed by atoms with van der Waals surface area (Å²) in [4.78, 5) is 6.26. The number of imidazole rings is 1. The maximum Gasteiger partial charge on any atom is 0.516 e. The molecule has 0 saturated carbocycles. The predicted octanol–water partition coefficient (Wildman–Crippen LogP) is 1.94. The summed E-state index contributed by atoms with van der Waals surface area (Å²) in [5.41, 5.74) is -4.33. The van der Waals surface area contributed by atoms with Crippen LogP contribution in [0.15, 0.2) is 22.4 Å². The number of rotatable bonds is 8. The summed E-state index contributed by atoms with van der Waals surface area (Å²) in [7, 11) is 1.80. The fourth-order valence-corrected chi connectivity index (χ4v) is 4.08. The van der Waals surface area contributed by atoms with Crippen LogP contribution >= 0.6 is 0 Å². The lowest BCUT2D eigenvalue weighted by Gasteiger charge is -2.19. The highest BCUT2D eigenvalue weighted by atomic mass is 32.2. The van der Waals surface area contributed by atoms with E-state index in [1.807, 2.05) is 18.7 Å². The van der Waals surface area contributed by atoms with Crippen LogP contribution in [0.5, 0.6) is 0 Å². The standard InChI is InChI=1S/C18H25F3N8O2S/c1-5-28-8-7-11-9-12(13(10-14(11)28)27-32(30,31)18(19,20)21)25-26-17-24-15(22-3)16(23-4)29(17)6-2/h9-10,27H,3-8,22-23H2,1-2H3. The van der Waals surface area contributed by atoms with E-state index < -0.39 is 15.5 Å². The lowest BCUT2D eigenvalue weighted by Crippen LogP contribution is -2.77. The lowest BCUT2D eigenvalue weighted by molar-refractivity contribution is -0.547. The summed E-state index contributed by atoms with van der Waals surface area (Å²) in [6, 6.07) is 2.91. The highest BCUT2D eigenvalue weighted by molar-refractivity contribution is 7.93. The molecule has 0 saturated heterocycles. The molecular formula is C18H25F3N8O2S. The molecule has 1 aromatic heterocycles. The quantitative estimate of drug-likeness (QED) is 0.399. The van der Waals surface area contributed by atoms with Gasteiger partial charge in [-0.3, -0.25) is 9.29 Å². The molecule has 3 rings (SSSR count). The van der Waals surface area contributed by atoms with E-state index in [9.17, 15) is 21.6 Å². The summed E-state index contributed by atoms with van der Waals surface area (Å²) in [6.45, 7) is 5.55. The van der Waals surface area contributed by atoms with Crippen molar-refractivity contribution in [3.8, 4) is 0 Å². The molecule has 0 unspecified atom stereocenters. The van der Waals surface area contributed by atoms with Crippen LogP contribution in [-0.4, -0.2) is 36.6 Å². The van der Waals surface area contributed by atoms with Crippen LogP contribution in [0.2, 0.25) is 0 Å². The Morgan fingerprint density at radius 1 is 1.19 bits per heavy atom. The minimum absolute atomic E-state index is 0.0412. The molecule has 0 spiro atoms. The molecule has 14 heteroatoms. The van der Waals surface area contributed by atoms with Gasteiger partial charge in [0, 0.05) is 25.3 Å². The average Bonchev–Trinajstić information content (AvgIpc) is 3.30. The van der Waals surface area contributed by atoms with E-state index in [4.69, 9.17) is 0 Å². The van der Waals surface area contributed by atoms with E-state index in [0.29, 0.717) is 43.4 Å². The van der Waals surface area contributed by atoms with E-state index in [1.54, 1.807) is 20.7 Å². The van der Waals surface area contributed by atoms with Crippen molar-refractivity contribution in [3.63, 3.8) is 0 Å². The molecule has 0 bridgehead atoms. The fourth-order valence-electron chi connectivity index (χ4n) is 3.51. The summed E-state index contributed by atoms with van der Waals surface area (Å²) in [5.74, 6) is 1.39. The van der Waals surface area contributed by atoms with E-state index in [-0.39, 0.29) is 17.3 Å². The number of aromatic nitrogens is 2. The summed E-state index contributed by atoms with van der Waals surface area (Å²) < 4.78 is 65.8. The number of nitrogens with two attached hydrogens (primary N) is 2. The zero-order valence-corrected chi connectivity index (χ0v) is 18.5. The number of fused-ring (bicyclic) bond motifs is 1. The van der Waals surface area contributed by atoms with Crippen LogP contribution in [0.4, 0.5) is 47.8 Å². The van der Waals surface area contributed by atoms with E-state index >= 15 is 0 Å². The smallest absolute Gasteiger partial charge is 0.424 e. The molecule has 1 aliphatic rings. The molecule has 0 fully saturated rings. The number of quaternary nitrogens is 2. The number of nitrogens with one attached hydrogen (secondary N) is 1. The first-order valence-corrected chi connectivity index (χ1v) is 11.3. The second kappa shape index (κ2) is 9.03. The molecule has 0 atom stereocenters. The average molecular weight is 475 g/mol. The van der Waals surface area contributed by atoms with Crippen molar-refractivity contribution in [2.75, 3.05) is 22.7 Å². The molecule has 10 nitrogen and oxygen atoms in total. The molecule has 1 aliphatic heterocycles. The molecule has 2 aromatic rings. The number of likely N-dealkylation sites (N-methyl/N-ethyl adjacent to an activating group) is 1. The minimum Gasteiger partial charge on any atom is -0.424 e. The topological polar surface area (TPSA) is 125 Å². The van der Waals surface area contributed by atoms with Gasteiger partial charge in [0.2, 0.25) is 0 Å². The minimum atomic E-state index is -5.64. The van der Waals surface area contributed by atoms with Crippen molar-refractivity contribution >= 4 is 44.7 Å². The number of benzene rings is 1. The van der Waals surface area contributed by atoms with Crippen LogP contribution in [0.1, 0.15) is 19.4 Å². The van der Waals surface area contributed by atoms with Gasteiger partial charge in [0.1, 0.15) is 5.69 Å². The molecule has 0 amide bonds. The highest BCUT2D eigenvalue weighted by Crippen LogP contribution is 2.40. The third kappa shape index (κ3) is 4.42. The van der Waals surface area contributed by atoms with Gasteiger partial charge in [-0.15, -0.1) is 24.3 Å². The van der Waals surface area contributed by atoms with Crippen LogP contribution in [0.3, 0.4) is 0 Å². The van der Waals surface area contributed by atoms with Gasteiger partial charge >= 0.3 is 15.5 Å². The summed E-state index contributed by atoms with van der Waals surface area (Å²) >= 11 is 0. The molecule has 0 radical (unpaired) electrons. The zero-order valence-electron chi connectivity index (χ0n) is 17.6. The number of nitrogens with zero attached hydrogens (tertiary/aromatic N) is 5. The number of anilines is 2. The Bertz CT molecular complexity index is 1130. The van der Waals surface area contributed by atoms with Crippen LogP contribution in [0.25, 0.3) is 0 Å². The van der Waals surface area contributed by atoms with Crippen LogP contribution in [-0.2, 0) is 23.0 Å². The van der Waals surface area contributed by atoms with Gasteiger partial charge < -0.3 is 15.5 Å². The van der Waals surface area contributed by atoms with Gasteiger partial charge in [-0.1, -0.05) is 0 Å². The van der Waals surface area contributed by atoms with Crippen molar-refractivity contribution in [2.24, 2.45) is 10.2 Å². The van der Waals surface area contributed by atoms with Gasteiger partial charge in [0.25, 0.3) is 17.6 Å². The molecule has 5 N–H and O–H groups in total. The molecule has 2 heterocycles. The summed E-state index contributed by atoms with van der Waals surface area (Å²) in [6.07, 6.45) is 0.656. The Balaban J connectivity index is 2.09. The van der Waals surface area contributed by atoms with Crippen LogP contribution < -0.4 is 20.3 Å². The van der Waals surface area contributed by atoms with Crippen molar-refractivity contribution in [1.82, 2.24) is 9.55 Å². The Morgan fingerprint density at radius 2 is 1.91 bits per heavy atom. The van der Waals surface area contributed by atoms with Gasteiger partial charge in [-0.05, 0) is 38.0 Å². The third-order valence-corrected chi connectivity index (χ3v) is 6.18. The number of alkyl halides is 3. The number of azo groups is 1. The van der Waals surface area contributed by atoms with Crippen LogP contribution in [0, 0.1) is 14.1 Å². The first kappa shape index (κ1) is 23.9. The number of halogens is 3. The number of hydrogen-bond acceptors (Lipinski definition) is 6. The molecule has 176 valence electrons. The normalized spacial score (nSPS) is 14.4. The summed E-state index contributed by atoms with van der Waals surface area (Å²) in [5, 5.41) is 11.3. The van der Waals surface area contributed by atoms with Crippen molar-refractivity contribution in [3.05, 3.63) is 31.8 Å². The highest BCUT2D eigenvalue weighted by Gasteiger charge is 2.46. The zero-order chi connectivity index (χ0) is 23.7. The molecular weight excluding hydrogens is 449 g/mol. The van der Waals surface area contributed by atoms with E-state index in [0.717, 1.165) is 5.56 Å². The van der Waals surface area contributed by atoms with Crippen molar-refractivity contribution in [2.45, 2.75) is 32.3 Å². The van der Waals surface area contributed by atoms with Gasteiger partial charge in [0.15, 0.2) is 0 Å². The van der Waals surface area contributed by atoms with Gasteiger partial charge in [-0.2, -0.15) is 26.6 Å². The third-order valence-electron chi connectivity index (χ3n) is 5.08. The monoisotopic (exact) mass is 474 g/mol. The molecule has 0 aliphatic carbocycles. The Hall–Kier alpha value is -2.71. The Labute approximate surface area is 184 Å². The van der Waals surface area contributed by atoms with Gasteiger partial charge in [-0.25, -0.2) is 0 Å². The Kier molecular flexibility index (Phi) is 6.76. The lowest BCUT2D eigenvalue weighted by atomic mass is 10.1. The van der Waals surface area contributed by atoms with Crippen molar-refractivity contribution in [1.29, 1.82) is 0 Å².